The van der Waals surface area contributed by atoms with Crippen molar-refractivity contribution >= 4 is 16.9 Å². The lowest BCUT2D eigenvalue weighted by molar-refractivity contribution is 0.0694. The van der Waals surface area contributed by atoms with E-state index in [4.69, 9.17) is 10.5 Å². The molecule has 3 aromatic rings. The molecule has 5 nitrogen and oxygen atoms in total. The Morgan fingerprint density at radius 2 is 2.00 bits per heavy atom. The maximum absolute atomic E-state index is 13.5. The molecular weight excluding hydrogens is 323 g/mol. The molecule has 2 aromatic carbocycles. The molecule has 0 unspecified atom stereocenters. The fourth-order valence-electron chi connectivity index (χ4n) is 2.67. The lowest BCUT2D eigenvalue weighted by atomic mass is 10.1. The van der Waals surface area contributed by atoms with Gasteiger partial charge in [-0.3, -0.25) is 4.98 Å². The van der Waals surface area contributed by atoms with E-state index in [1.54, 1.807) is 6.07 Å². The second-order valence-electron chi connectivity index (χ2n) is 5.72. The molecule has 0 saturated carbocycles. The molecule has 25 heavy (non-hydrogen) atoms. The summed E-state index contributed by atoms with van der Waals surface area (Å²) in [5.41, 5.74) is 7.42. The predicted octanol–water partition coefficient (Wildman–Crippen LogP) is 3.02. The van der Waals surface area contributed by atoms with Crippen LogP contribution in [0.3, 0.4) is 0 Å². The summed E-state index contributed by atoms with van der Waals surface area (Å²) in [6.45, 7) is 0.142. The molecule has 128 valence electrons. The summed E-state index contributed by atoms with van der Waals surface area (Å²) in [6.07, 6.45) is 1.65. The number of aromatic nitrogens is 1. The van der Waals surface area contributed by atoms with Crippen molar-refractivity contribution in [1.82, 2.24) is 4.98 Å². The number of hydrogen-bond donors (Lipinski definition) is 2. The second-order valence-corrected chi connectivity index (χ2v) is 5.72. The Bertz CT molecular complexity index is 900. The number of carboxylic acids is 1. The summed E-state index contributed by atoms with van der Waals surface area (Å²) in [5, 5.41) is 9.69. The van der Waals surface area contributed by atoms with Gasteiger partial charge in [0, 0.05) is 11.4 Å². The Kier molecular flexibility index (Phi) is 4.90. The number of fused-ring (bicyclic) bond motifs is 1. The number of nitrogens with zero attached hydrogens (tertiary/aromatic N) is 1. The Balaban J connectivity index is 1.81. The van der Waals surface area contributed by atoms with E-state index in [1.807, 2.05) is 30.3 Å². The first-order valence-electron chi connectivity index (χ1n) is 7.78. The minimum absolute atomic E-state index is 0.114. The Morgan fingerprint density at radius 1 is 1.24 bits per heavy atom. The highest BCUT2D eigenvalue weighted by molar-refractivity contribution is 6.05. The number of ether oxygens (including phenoxy) is 1. The summed E-state index contributed by atoms with van der Waals surface area (Å²) in [5.74, 6) is -1.66. The van der Waals surface area contributed by atoms with Gasteiger partial charge < -0.3 is 15.6 Å². The molecule has 0 bridgehead atoms. The first kappa shape index (κ1) is 16.9. The fourth-order valence-corrected chi connectivity index (χ4v) is 2.67. The lowest BCUT2D eigenvalue weighted by Gasteiger charge is -2.15. The van der Waals surface area contributed by atoms with Crippen LogP contribution in [0.5, 0.6) is 5.75 Å². The van der Waals surface area contributed by atoms with Crippen molar-refractivity contribution in [2.45, 2.75) is 12.5 Å². The highest BCUT2D eigenvalue weighted by Gasteiger charge is 2.18. The molecule has 0 fully saturated rings. The van der Waals surface area contributed by atoms with E-state index in [0.717, 1.165) is 17.8 Å². The van der Waals surface area contributed by atoms with Gasteiger partial charge in [0.15, 0.2) is 0 Å². The maximum atomic E-state index is 13.5. The van der Waals surface area contributed by atoms with Crippen LogP contribution in [-0.4, -0.2) is 28.7 Å². The van der Waals surface area contributed by atoms with Crippen molar-refractivity contribution in [3.8, 4) is 5.75 Å². The molecule has 0 spiro atoms. The smallest absolute Gasteiger partial charge is 0.340 e. The highest BCUT2D eigenvalue weighted by Crippen LogP contribution is 2.28. The number of hydrogen-bond acceptors (Lipinski definition) is 4. The number of pyridine rings is 1. The number of carboxylic acid groups (broad SMARTS) is 1. The molecule has 3 rings (SSSR count). The fraction of sp³-hybridized carbons (Fsp3) is 0.158. The number of aromatic carboxylic acids is 1. The zero-order chi connectivity index (χ0) is 17.8. The largest absolute Gasteiger partial charge is 0.491 e. The number of rotatable bonds is 6. The van der Waals surface area contributed by atoms with Crippen LogP contribution in [-0.2, 0) is 6.42 Å². The first-order chi connectivity index (χ1) is 12.0. The topological polar surface area (TPSA) is 85.4 Å². The van der Waals surface area contributed by atoms with Crippen LogP contribution in [0.25, 0.3) is 10.9 Å². The van der Waals surface area contributed by atoms with Crippen LogP contribution in [0, 0.1) is 5.82 Å². The molecule has 0 aliphatic heterocycles. The van der Waals surface area contributed by atoms with Gasteiger partial charge in [-0.15, -0.1) is 0 Å². The molecule has 1 heterocycles. The number of nitrogens with two attached hydrogens (primary N) is 1. The van der Waals surface area contributed by atoms with Crippen molar-refractivity contribution in [2.75, 3.05) is 6.61 Å². The average molecular weight is 340 g/mol. The molecule has 0 saturated heterocycles. The van der Waals surface area contributed by atoms with Crippen LogP contribution in [0.2, 0.25) is 0 Å². The zero-order valence-electron chi connectivity index (χ0n) is 13.4. The van der Waals surface area contributed by atoms with Gasteiger partial charge in [0.1, 0.15) is 23.7 Å². The molecule has 1 aromatic heterocycles. The van der Waals surface area contributed by atoms with Gasteiger partial charge in [0.25, 0.3) is 0 Å². The van der Waals surface area contributed by atoms with Crippen LogP contribution in [0.1, 0.15) is 15.9 Å². The quantitative estimate of drug-likeness (QED) is 0.720. The SMILES string of the molecule is N[C@H](COc1ccc2ncc(F)cc2c1C(=O)O)Cc1ccccc1. The van der Waals surface area contributed by atoms with E-state index in [1.165, 1.54) is 6.07 Å². The van der Waals surface area contributed by atoms with Gasteiger partial charge in [-0.1, -0.05) is 30.3 Å². The molecule has 1 atom stereocenters. The summed E-state index contributed by atoms with van der Waals surface area (Å²) in [7, 11) is 0. The molecule has 0 amide bonds. The molecule has 6 heteroatoms. The van der Waals surface area contributed by atoms with Crippen molar-refractivity contribution in [1.29, 1.82) is 0 Å². The van der Waals surface area contributed by atoms with Crippen LogP contribution < -0.4 is 10.5 Å². The van der Waals surface area contributed by atoms with Crippen molar-refractivity contribution in [3.05, 3.63) is 71.7 Å². The predicted molar refractivity (Wildman–Crippen MR) is 92.3 cm³/mol. The number of carbonyl (C=O) groups is 1. The molecular formula is C19H17FN2O3. The monoisotopic (exact) mass is 340 g/mol. The van der Waals surface area contributed by atoms with E-state index in [9.17, 15) is 14.3 Å². The van der Waals surface area contributed by atoms with Gasteiger partial charge in [-0.2, -0.15) is 0 Å². The van der Waals surface area contributed by atoms with Gasteiger partial charge in [0.2, 0.25) is 0 Å². The third kappa shape index (κ3) is 3.92. The number of halogens is 1. The van der Waals surface area contributed by atoms with E-state index in [-0.39, 0.29) is 29.3 Å². The summed E-state index contributed by atoms with van der Waals surface area (Å²) >= 11 is 0. The minimum atomic E-state index is -1.20. The highest BCUT2D eigenvalue weighted by atomic mass is 19.1. The normalized spacial score (nSPS) is 12.1. The zero-order valence-corrected chi connectivity index (χ0v) is 13.4. The van der Waals surface area contributed by atoms with E-state index < -0.39 is 11.8 Å². The molecule has 0 aliphatic rings. The minimum Gasteiger partial charge on any atom is -0.491 e. The third-order valence-corrected chi connectivity index (χ3v) is 3.80. The van der Waals surface area contributed by atoms with Crippen molar-refractivity contribution in [2.24, 2.45) is 5.73 Å². The van der Waals surface area contributed by atoms with Crippen LogP contribution in [0.4, 0.5) is 4.39 Å². The van der Waals surface area contributed by atoms with Gasteiger partial charge in [0.05, 0.1) is 11.7 Å². The molecule has 0 aliphatic carbocycles. The molecule has 3 N–H and O–H groups in total. The van der Waals surface area contributed by atoms with Gasteiger partial charge in [-0.25, -0.2) is 9.18 Å². The molecule has 0 radical (unpaired) electrons. The Hall–Kier alpha value is -2.99. The second kappa shape index (κ2) is 7.27. The summed E-state index contributed by atoms with van der Waals surface area (Å²) in [4.78, 5) is 15.5. The van der Waals surface area contributed by atoms with Crippen molar-refractivity contribution < 1.29 is 19.0 Å². The van der Waals surface area contributed by atoms with E-state index >= 15 is 0 Å². The van der Waals surface area contributed by atoms with Crippen molar-refractivity contribution in [3.63, 3.8) is 0 Å². The number of benzene rings is 2. The first-order valence-corrected chi connectivity index (χ1v) is 7.78. The standard InChI is InChI=1S/C19H17FN2O3/c20-13-9-15-16(22-10-13)6-7-17(18(15)19(23)24)25-11-14(21)8-12-4-2-1-3-5-12/h1-7,9-10,14H,8,11,21H2,(H,23,24)/t14-/m0/s1. The van der Waals surface area contributed by atoms with Gasteiger partial charge in [-0.05, 0) is 30.2 Å². The van der Waals surface area contributed by atoms with E-state index in [0.29, 0.717) is 11.9 Å². The third-order valence-electron chi connectivity index (χ3n) is 3.80. The Morgan fingerprint density at radius 3 is 2.72 bits per heavy atom. The van der Waals surface area contributed by atoms with Crippen LogP contribution in [0.15, 0.2) is 54.7 Å². The average Bonchev–Trinajstić information content (AvgIpc) is 2.59. The van der Waals surface area contributed by atoms with Crippen LogP contribution >= 0.6 is 0 Å². The Labute approximate surface area is 143 Å². The maximum Gasteiger partial charge on any atom is 0.340 e. The lowest BCUT2D eigenvalue weighted by Crippen LogP contribution is -2.30. The van der Waals surface area contributed by atoms with Gasteiger partial charge >= 0.3 is 5.97 Å². The van der Waals surface area contributed by atoms with E-state index in [2.05, 4.69) is 4.98 Å². The summed E-state index contributed by atoms with van der Waals surface area (Å²) in [6, 6.07) is 13.7. The summed E-state index contributed by atoms with van der Waals surface area (Å²) < 4.78 is 19.1.